The van der Waals surface area contributed by atoms with Gasteiger partial charge in [0.05, 0.1) is 44.5 Å². The molecule has 0 radical (unpaired) electrons. The lowest BCUT2D eigenvalue weighted by Gasteiger charge is -2.25. The minimum atomic E-state index is -3.34. The maximum atomic E-state index is 17.1. The molecule has 0 saturated heterocycles. The quantitative estimate of drug-likeness (QED) is 0.0707. The smallest absolute Gasteiger partial charge is 0.341 e. The van der Waals surface area contributed by atoms with Crippen LogP contribution in [0.25, 0.3) is 66.2 Å². The highest BCUT2D eigenvalue weighted by molar-refractivity contribution is 6.45. The van der Waals surface area contributed by atoms with E-state index in [2.05, 4.69) is 77.3 Å². The molecule has 410 valence electrons. The molecule has 82 heavy (non-hydrogen) atoms. The Labute approximate surface area is 478 Å². The fourth-order valence-corrected chi connectivity index (χ4v) is 11.0. The van der Waals surface area contributed by atoms with Gasteiger partial charge >= 0.3 is 14.8 Å². The molecule has 0 N–H and O–H groups in total. The second-order valence-electron chi connectivity index (χ2n) is 22.9. The summed E-state index contributed by atoms with van der Waals surface area (Å²) in [6, 6.07) is 56.9. The Morgan fingerprint density at radius 2 is 0.829 bits per heavy atom. The normalized spacial score (nSPS) is 12.6. The highest BCUT2D eigenvalue weighted by atomic mass is 19.2. The Hall–Kier alpha value is -8.87. The molecule has 0 aliphatic heterocycles. The molecule has 0 bridgehead atoms. The van der Waals surface area contributed by atoms with Crippen LogP contribution in [0.1, 0.15) is 104 Å². The van der Waals surface area contributed by atoms with Gasteiger partial charge in [-0.05, 0) is 131 Å². The van der Waals surface area contributed by atoms with E-state index in [1.54, 1.807) is 48.5 Å². The number of aromatic nitrogens is 4. The van der Waals surface area contributed by atoms with E-state index in [9.17, 15) is 10.5 Å². The predicted molar refractivity (Wildman–Crippen MR) is 331 cm³/mol. The molecule has 0 unspecified atom stereocenters. The third-order valence-electron chi connectivity index (χ3n) is 15.4. The molecule has 0 amide bonds. The van der Waals surface area contributed by atoms with Crippen molar-refractivity contribution in [3.05, 3.63) is 203 Å². The van der Waals surface area contributed by atoms with Crippen LogP contribution in [-0.2, 0) is 10.8 Å². The maximum Gasteiger partial charge on any atom is 0.678 e. The number of nitrogens with zero attached hydrogens (tertiary/aromatic N) is 8. The van der Waals surface area contributed by atoms with Crippen molar-refractivity contribution in [1.82, 2.24) is 18.9 Å². The number of unbranched alkanes of at least 4 members (excludes halogenated alkanes) is 2. The van der Waals surface area contributed by atoms with Gasteiger partial charge < -0.3 is 18.8 Å². The van der Waals surface area contributed by atoms with Gasteiger partial charge in [0.1, 0.15) is 23.3 Å². The van der Waals surface area contributed by atoms with E-state index in [-0.39, 0.29) is 77.3 Å². The average molecular weight is 1090 g/mol. The SMILES string of the molecule is CCCCN(c1ccccc1)c1ccc(-c2c3/c(=C(\C#N)c4ccc5cc(C(C)(C)C)ccc5n4)n(B(F)F)c(-c4ccc(N(CCCC)c5ccccc5)cc4)c3/c(=C(\C#N)c3ccc4cc(C(C)(C)C)ccc4n3)n2B(F)F)cc1. The summed E-state index contributed by atoms with van der Waals surface area (Å²) in [6.07, 6.45) is 3.58. The van der Waals surface area contributed by atoms with Crippen molar-refractivity contribution in [2.75, 3.05) is 22.9 Å². The van der Waals surface area contributed by atoms with Crippen molar-refractivity contribution in [1.29, 1.82) is 10.5 Å². The first-order chi connectivity index (χ1) is 39.4. The molecule has 0 aliphatic rings. The summed E-state index contributed by atoms with van der Waals surface area (Å²) < 4.78 is 69.8. The minimum Gasteiger partial charge on any atom is -0.341 e. The molecule has 0 spiro atoms. The Morgan fingerprint density at radius 1 is 0.476 bits per heavy atom. The first kappa shape index (κ1) is 56.4. The molecule has 0 aliphatic carbocycles. The van der Waals surface area contributed by atoms with Gasteiger partial charge in [-0.15, -0.1) is 0 Å². The monoisotopic (exact) mass is 1090 g/mol. The van der Waals surface area contributed by atoms with E-state index in [1.165, 1.54) is 0 Å². The maximum absolute atomic E-state index is 17.1. The van der Waals surface area contributed by atoms with Crippen LogP contribution in [-0.4, -0.2) is 46.8 Å². The van der Waals surface area contributed by atoms with Gasteiger partial charge in [0.2, 0.25) is 0 Å². The molecule has 6 aromatic carbocycles. The minimum absolute atomic E-state index is 0.0634. The summed E-state index contributed by atoms with van der Waals surface area (Å²) in [5.74, 6) is 0. The highest BCUT2D eigenvalue weighted by Crippen LogP contribution is 2.40. The number of fused-ring (bicyclic) bond motifs is 3. The van der Waals surface area contributed by atoms with Crippen molar-refractivity contribution in [3.8, 4) is 34.7 Å². The van der Waals surface area contributed by atoms with Gasteiger partial charge in [-0.3, -0.25) is 17.3 Å². The number of para-hydroxylation sites is 2. The summed E-state index contributed by atoms with van der Waals surface area (Å²) in [7, 11) is -6.69. The van der Waals surface area contributed by atoms with Crippen molar-refractivity contribution in [2.45, 2.75) is 91.9 Å². The lowest BCUT2D eigenvalue weighted by molar-refractivity contribution is 0.591. The van der Waals surface area contributed by atoms with Gasteiger partial charge in [-0.25, -0.2) is 9.97 Å². The highest BCUT2D eigenvalue weighted by Gasteiger charge is 2.37. The van der Waals surface area contributed by atoms with Crippen LogP contribution in [0.5, 0.6) is 0 Å². The predicted octanol–water partition coefficient (Wildman–Crippen LogP) is 16.3. The summed E-state index contributed by atoms with van der Waals surface area (Å²) in [5.41, 5.74) is 5.90. The summed E-state index contributed by atoms with van der Waals surface area (Å²) in [6.45, 7) is 18.2. The molecule has 0 fully saturated rings. The van der Waals surface area contributed by atoms with E-state index >= 15 is 17.3 Å². The molecule has 8 nitrogen and oxygen atoms in total. The topological polar surface area (TPSA) is 89.7 Å². The van der Waals surface area contributed by atoms with E-state index < -0.39 is 14.8 Å². The van der Waals surface area contributed by atoms with Crippen molar-refractivity contribution < 1.29 is 17.3 Å². The zero-order chi connectivity index (χ0) is 58.0. The zero-order valence-corrected chi connectivity index (χ0v) is 47.7. The molecular weight excluding hydrogens is 1030 g/mol. The number of rotatable bonds is 16. The van der Waals surface area contributed by atoms with Gasteiger partial charge in [0.15, 0.2) is 0 Å². The number of anilines is 4. The number of hydrogen-bond donors (Lipinski definition) is 0. The first-order valence-electron chi connectivity index (χ1n) is 28.1. The van der Waals surface area contributed by atoms with Gasteiger partial charge in [0.25, 0.3) is 0 Å². The average Bonchev–Trinajstić information content (AvgIpc) is 2.06. The number of benzene rings is 6. The van der Waals surface area contributed by atoms with E-state index in [0.717, 1.165) is 79.3 Å². The van der Waals surface area contributed by atoms with E-state index in [4.69, 9.17) is 9.97 Å². The Balaban J connectivity index is 1.38. The second kappa shape index (κ2) is 23.3. The molecule has 4 heterocycles. The van der Waals surface area contributed by atoms with Gasteiger partial charge in [0, 0.05) is 57.4 Å². The van der Waals surface area contributed by atoms with Crippen LogP contribution in [0, 0.1) is 22.7 Å². The standard InChI is InChI=1S/C68H64B2F4N8/c1-9-11-39-79(51-19-15-13-16-20-51)53-31-23-45(24-32-53)63-61-62(66(81(63)69(71)72)56(44-76)60-36-28-48-42-50(68(6,7)8)30-38-58(48)78-60)64(46-25-33-54(34-26-46)80(40-12-10-2)52-21-17-14-18-22-52)82(70(73)74)65(61)55(43-75)59-35-27-47-41-49(67(3,4)5)29-37-57(47)77-59/h13-38,41-42H,9-12,39-40H2,1-8H3/b65-55-,66-56-. The van der Waals surface area contributed by atoms with Gasteiger partial charge in [-0.2, -0.15) is 10.5 Å². The number of nitriles is 2. The van der Waals surface area contributed by atoms with Crippen LogP contribution >= 0.6 is 0 Å². The largest absolute Gasteiger partial charge is 0.678 e. The Morgan fingerprint density at radius 3 is 1.15 bits per heavy atom. The molecular formula is C68H64B2F4N8. The Kier molecular flexibility index (Phi) is 16.0. The van der Waals surface area contributed by atoms with Crippen molar-refractivity contribution in [3.63, 3.8) is 0 Å². The van der Waals surface area contributed by atoms with Gasteiger partial charge in [-0.1, -0.05) is 153 Å². The number of halogens is 4. The molecule has 10 aromatic rings. The third-order valence-corrected chi connectivity index (χ3v) is 15.4. The molecule has 14 heteroatoms. The van der Waals surface area contributed by atoms with Crippen LogP contribution < -0.4 is 20.5 Å². The molecule has 4 aromatic heterocycles. The number of pyridine rings is 2. The fraction of sp³-hybridized carbons (Fsp3) is 0.235. The van der Waals surface area contributed by atoms with Crippen LogP contribution in [0.15, 0.2) is 170 Å². The number of hydrogen-bond acceptors (Lipinski definition) is 6. The lowest BCUT2D eigenvalue weighted by Crippen LogP contribution is -2.33. The molecule has 0 atom stereocenters. The molecule has 10 rings (SSSR count). The van der Waals surface area contributed by atoms with E-state index in [1.807, 2.05) is 121 Å². The first-order valence-corrected chi connectivity index (χ1v) is 28.1. The summed E-state index contributed by atoms with van der Waals surface area (Å²) in [4.78, 5) is 14.2. The van der Waals surface area contributed by atoms with Crippen LogP contribution in [0.3, 0.4) is 0 Å². The molecule has 0 saturated carbocycles. The van der Waals surface area contributed by atoms with E-state index in [0.29, 0.717) is 24.1 Å². The summed E-state index contributed by atoms with van der Waals surface area (Å²) >= 11 is 0. The van der Waals surface area contributed by atoms with Crippen molar-refractivity contribution in [2.24, 2.45) is 0 Å². The fourth-order valence-electron chi connectivity index (χ4n) is 11.0. The lowest BCUT2D eigenvalue weighted by atomic mass is 9.86. The second-order valence-corrected chi connectivity index (χ2v) is 22.9. The zero-order valence-electron chi connectivity index (χ0n) is 47.7. The van der Waals surface area contributed by atoms with Crippen LogP contribution in [0.2, 0.25) is 0 Å². The third kappa shape index (κ3) is 10.9. The van der Waals surface area contributed by atoms with Crippen LogP contribution in [0.4, 0.5) is 40.0 Å². The Bertz CT molecular complexity index is 3920. The van der Waals surface area contributed by atoms with Crippen molar-refractivity contribution >= 4 is 81.3 Å². The summed E-state index contributed by atoms with van der Waals surface area (Å²) in [5, 5.41) is 23.9.